The highest BCUT2D eigenvalue weighted by Gasteiger charge is 2.41. The first-order chi connectivity index (χ1) is 17.5. The van der Waals surface area contributed by atoms with Crippen molar-refractivity contribution >= 4 is 5.78 Å². The average Bonchev–Trinajstić information content (AvgIpc) is 2.82. The van der Waals surface area contributed by atoms with Crippen LogP contribution in [0.2, 0.25) is 0 Å². The number of fused-ring (bicyclic) bond motifs is 1. The SMILES string of the molecule is CC(C)=CCc1c(O)cc2c(c1O)C(=O)C(C/C=C(\C)CC/C=C(\C)CO)C(c1ccc(O)cc1O)O2. The van der Waals surface area contributed by atoms with E-state index in [2.05, 4.69) is 0 Å². The summed E-state index contributed by atoms with van der Waals surface area (Å²) in [6.45, 7) is 7.65. The highest BCUT2D eigenvalue weighted by atomic mass is 16.5. The van der Waals surface area contributed by atoms with Gasteiger partial charge in [0.15, 0.2) is 5.78 Å². The maximum absolute atomic E-state index is 13.8. The van der Waals surface area contributed by atoms with Crippen molar-refractivity contribution in [2.75, 3.05) is 6.61 Å². The summed E-state index contributed by atoms with van der Waals surface area (Å²) in [6.07, 6.45) is 6.92. The molecule has 1 aliphatic heterocycles. The van der Waals surface area contributed by atoms with Crippen molar-refractivity contribution in [2.24, 2.45) is 5.92 Å². The molecule has 0 aliphatic carbocycles. The summed E-state index contributed by atoms with van der Waals surface area (Å²) in [5.41, 5.74) is 3.53. The highest BCUT2D eigenvalue weighted by Crippen LogP contribution is 2.49. The number of carbonyl (C=O) groups is 1. The number of Topliss-reactive ketones (excluding diaryl/α,β-unsaturated/α-hetero) is 1. The Bertz CT molecular complexity index is 1250. The van der Waals surface area contributed by atoms with E-state index in [9.17, 15) is 25.2 Å². The predicted octanol–water partition coefficient (Wildman–Crippen LogP) is 6.01. The molecular weight excluding hydrogens is 472 g/mol. The molecule has 37 heavy (non-hydrogen) atoms. The van der Waals surface area contributed by atoms with Gasteiger partial charge in [-0.15, -0.1) is 0 Å². The Morgan fingerprint density at radius 1 is 0.946 bits per heavy atom. The lowest BCUT2D eigenvalue weighted by Crippen LogP contribution is -2.31. The fourth-order valence-electron chi connectivity index (χ4n) is 4.38. The predicted molar refractivity (Wildman–Crippen MR) is 142 cm³/mol. The standard InChI is InChI=1S/C30H36O7/c1-17(2)8-11-21-25(34)15-26-27(28(21)35)29(36)23(12-9-18(3)6-5-7-19(4)16-31)30(37-26)22-13-10-20(32)14-24(22)33/h7-10,13-15,23,30-35H,5-6,11-12,16H2,1-4H3/b18-9+,19-7+. The Balaban J connectivity index is 2.02. The number of hydrogen-bond donors (Lipinski definition) is 5. The number of hydrogen-bond acceptors (Lipinski definition) is 7. The Hall–Kier alpha value is -3.71. The summed E-state index contributed by atoms with van der Waals surface area (Å²) >= 11 is 0. The molecule has 0 aromatic heterocycles. The first kappa shape index (κ1) is 27.9. The van der Waals surface area contributed by atoms with Gasteiger partial charge in [0.05, 0.1) is 12.5 Å². The molecule has 0 bridgehead atoms. The van der Waals surface area contributed by atoms with E-state index >= 15 is 0 Å². The number of benzene rings is 2. The second-order valence-electron chi connectivity index (χ2n) is 9.87. The Morgan fingerprint density at radius 3 is 2.32 bits per heavy atom. The Kier molecular flexibility index (Phi) is 9.05. The summed E-state index contributed by atoms with van der Waals surface area (Å²) in [6, 6.07) is 5.43. The van der Waals surface area contributed by atoms with Crippen molar-refractivity contribution in [2.45, 2.75) is 59.5 Å². The van der Waals surface area contributed by atoms with Crippen LogP contribution < -0.4 is 4.74 Å². The van der Waals surface area contributed by atoms with Crippen LogP contribution >= 0.6 is 0 Å². The van der Waals surface area contributed by atoms with Crippen LogP contribution in [0.25, 0.3) is 0 Å². The van der Waals surface area contributed by atoms with E-state index in [1.54, 1.807) is 0 Å². The van der Waals surface area contributed by atoms with Gasteiger partial charge in [0.25, 0.3) is 0 Å². The molecular formula is C30H36O7. The largest absolute Gasteiger partial charge is 0.508 e. The molecule has 2 aromatic rings. The van der Waals surface area contributed by atoms with Crippen molar-refractivity contribution in [3.05, 3.63) is 75.9 Å². The summed E-state index contributed by atoms with van der Waals surface area (Å²) < 4.78 is 6.16. The summed E-state index contributed by atoms with van der Waals surface area (Å²) in [5, 5.41) is 51.1. The lowest BCUT2D eigenvalue weighted by atomic mass is 9.81. The minimum atomic E-state index is -0.899. The van der Waals surface area contributed by atoms with Crippen molar-refractivity contribution < 1.29 is 35.1 Å². The number of aromatic hydroxyl groups is 4. The number of aliphatic hydroxyl groups excluding tert-OH is 1. The monoisotopic (exact) mass is 508 g/mol. The van der Waals surface area contributed by atoms with Gasteiger partial charge in [0, 0.05) is 23.3 Å². The average molecular weight is 509 g/mol. The van der Waals surface area contributed by atoms with E-state index in [1.165, 1.54) is 24.3 Å². The fourth-order valence-corrected chi connectivity index (χ4v) is 4.38. The van der Waals surface area contributed by atoms with Crippen LogP contribution in [-0.4, -0.2) is 37.9 Å². The molecule has 5 N–H and O–H groups in total. The number of ketones is 1. The van der Waals surface area contributed by atoms with Crippen LogP contribution in [0.3, 0.4) is 0 Å². The van der Waals surface area contributed by atoms with Crippen molar-refractivity contribution in [3.63, 3.8) is 0 Å². The zero-order chi connectivity index (χ0) is 27.3. The molecule has 2 aromatic carbocycles. The van der Waals surface area contributed by atoms with Gasteiger partial charge in [-0.05, 0) is 65.5 Å². The maximum Gasteiger partial charge on any atom is 0.177 e. The molecule has 0 saturated heterocycles. The molecule has 0 radical (unpaired) electrons. The van der Waals surface area contributed by atoms with E-state index < -0.39 is 12.0 Å². The normalized spacial score (nSPS) is 17.8. The third-order valence-corrected chi connectivity index (χ3v) is 6.58. The first-order valence-corrected chi connectivity index (χ1v) is 12.4. The van der Waals surface area contributed by atoms with Crippen LogP contribution in [0.15, 0.2) is 59.2 Å². The summed E-state index contributed by atoms with van der Waals surface area (Å²) in [7, 11) is 0. The number of ether oxygens (including phenoxy) is 1. The van der Waals surface area contributed by atoms with E-state index in [0.717, 1.165) is 29.6 Å². The highest BCUT2D eigenvalue weighted by molar-refractivity contribution is 6.05. The van der Waals surface area contributed by atoms with E-state index in [-0.39, 0.29) is 58.7 Å². The van der Waals surface area contributed by atoms with Crippen molar-refractivity contribution in [1.82, 2.24) is 0 Å². The van der Waals surface area contributed by atoms with Crippen LogP contribution in [0, 0.1) is 5.92 Å². The zero-order valence-electron chi connectivity index (χ0n) is 21.8. The maximum atomic E-state index is 13.8. The van der Waals surface area contributed by atoms with E-state index in [1.807, 2.05) is 45.9 Å². The molecule has 0 fully saturated rings. The van der Waals surface area contributed by atoms with Crippen LogP contribution in [0.1, 0.15) is 74.5 Å². The Morgan fingerprint density at radius 2 is 1.68 bits per heavy atom. The second kappa shape index (κ2) is 12.0. The molecule has 1 aliphatic rings. The smallest absolute Gasteiger partial charge is 0.177 e. The molecule has 7 heteroatoms. The molecule has 0 spiro atoms. The van der Waals surface area contributed by atoms with Gasteiger partial charge in [-0.25, -0.2) is 0 Å². The van der Waals surface area contributed by atoms with Gasteiger partial charge in [0.1, 0.15) is 40.4 Å². The van der Waals surface area contributed by atoms with Gasteiger partial charge < -0.3 is 30.3 Å². The number of allylic oxidation sites excluding steroid dienone is 5. The van der Waals surface area contributed by atoms with Crippen LogP contribution in [0.4, 0.5) is 0 Å². The first-order valence-electron chi connectivity index (χ1n) is 12.4. The molecule has 0 amide bonds. The number of phenols is 4. The van der Waals surface area contributed by atoms with Gasteiger partial charge in [-0.3, -0.25) is 4.79 Å². The number of phenolic OH excluding ortho intramolecular Hbond substituents is 4. The molecule has 3 rings (SSSR count). The van der Waals surface area contributed by atoms with Gasteiger partial charge in [0.2, 0.25) is 0 Å². The number of rotatable bonds is 9. The fraction of sp³-hybridized carbons (Fsp3) is 0.367. The molecule has 1 heterocycles. The molecule has 2 unspecified atom stereocenters. The molecule has 0 saturated carbocycles. The number of carbonyl (C=O) groups excluding carboxylic acids is 1. The zero-order valence-corrected chi connectivity index (χ0v) is 21.8. The minimum absolute atomic E-state index is 0.0158. The quantitative estimate of drug-likeness (QED) is 0.263. The summed E-state index contributed by atoms with van der Waals surface area (Å²) in [4.78, 5) is 13.8. The topological polar surface area (TPSA) is 127 Å². The molecule has 7 nitrogen and oxygen atoms in total. The van der Waals surface area contributed by atoms with Crippen LogP contribution in [0.5, 0.6) is 28.7 Å². The third kappa shape index (κ3) is 6.54. The minimum Gasteiger partial charge on any atom is -0.508 e. The number of aliphatic hydroxyl groups is 1. The van der Waals surface area contributed by atoms with E-state index in [4.69, 9.17) is 9.84 Å². The second-order valence-corrected chi connectivity index (χ2v) is 9.87. The van der Waals surface area contributed by atoms with Gasteiger partial charge in [-0.2, -0.15) is 0 Å². The lowest BCUT2D eigenvalue weighted by Gasteiger charge is -2.33. The Labute approximate surface area is 217 Å². The van der Waals surface area contributed by atoms with Gasteiger partial charge >= 0.3 is 0 Å². The molecule has 198 valence electrons. The lowest BCUT2D eigenvalue weighted by molar-refractivity contribution is 0.0648. The van der Waals surface area contributed by atoms with Crippen LogP contribution in [-0.2, 0) is 6.42 Å². The van der Waals surface area contributed by atoms with Crippen molar-refractivity contribution in [1.29, 1.82) is 0 Å². The summed E-state index contributed by atoms with van der Waals surface area (Å²) in [5.74, 6) is -1.90. The molecule has 2 atom stereocenters. The van der Waals surface area contributed by atoms with E-state index in [0.29, 0.717) is 12.0 Å². The third-order valence-electron chi connectivity index (χ3n) is 6.58. The van der Waals surface area contributed by atoms with Crippen molar-refractivity contribution in [3.8, 4) is 28.7 Å². The van der Waals surface area contributed by atoms with Gasteiger partial charge in [-0.1, -0.05) is 34.9 Å².